The van der Waals surface area contributed by atoms with Crippen LogP contribution in [0.1, 0.15) is 15.9 Å². The average Bonchev–Trinajstić information content (AvgIpc) is 2.72. The molecule has 182 valence electrons. The summed E-state index contributed by atoms with van der Waals surface area (Å²) in [5, 5.41) is 31.6. The fourth-order valence-electron chi connectivity index (χ4n) is 2.94. The number of hydrogen-bond acceptors (Lipinski definition) is 9. The normalized spacial score (nSPS) is 11.1. The van der Waals surface area contributed by atoms with E-state index in [1.807, 2.05) is 0 Å². The van der Waals surface area contributed by atoms with Gasteiger partial charge in [-0.05, 0) is 42.3 Å². The lowest BCUT2D eigenvalue weighted by atomic mass is 10.1. The minimum Gasteiger partial charge on any atom is -0.549 e. The highest BCUT2D eigenvalue weighted by atomic mass is 32.2. The summed E-state index contributed by atoms with van der Waals surface area (Å²) in [5.74, 6) is -4.21. The molecule has 4 N–H and O–H groups in total. The van der Waals surface area contributed by atoms with Gasteiger partial charge in [-0.3, -0.25) is 14.5 Å². The van der Waals surface area contributed by atoms with Crippen molar-refractivity contribution in [2.24, 2.45) is 5.14 Å². The molecule has 0 spiro atoms. The van der Waals surface area contributed by atoms with Crippen molar-refractivity contribution >= 4 is 39.5 Å². The monoisotopic (exact) mass is 490 g/mol. The molecule has 34 heavy (non-hydrogen) atoms. The molecular formula is C21H22N4O8S-2. The maximum atomic E-state index is 12.4. The number of carbonyl (C=O) groups is 4. The number of rotatable bonds is 12. The van der Waals surface area contributed by atoms with E-state index in [9.17, 15) is 37.8 Å². The molecule has 2 aromatic carbocycles. The molecule has 0 atom stereocenters. The number of carbonyl (C=O) groups excluding carboxylic acids is 4. The maximum absolute atomic E-state index is 12.4. The van der Waals surface area contributed by atoms with Crippen LogP contribution in [0, 0.1) is 0 Å². The number of primary sulfonamides is 1. The van der Waals surface area contributed by atoms with E-state index in [4.69, 9.17) is 5.14 Å². The van der Waals surface area contributed by atoms with Crippen LogP contribution < -0.4 is 26.0 Å². The lowest BCUT2D eigenvalue weighted by Gasteiger charge is -2.22. The quantitative estimate of drug-likeness (QED) is 0.278. The standard InChI is InChI=1S/C21H24N4O8S/c22-34(32,33)17-6-4-14(5-7-17)8-9-23-21(31)15-2-1-3-16(10-15)24-18(26)11-25(12-19(27)28)13-20(29)30/h1-7,10H,8-9,11-13H2,(H,23,31)(H,24,26)(H,27,28)(H,29,30)(H2,22,32,33)/p-2. The van der Waals surface area contributed by atoms with Crippen molar-refractivity contribution in [2.45, 2.75) is 11.3 Å². The second-order valence-electron chi connectivity index (χ2n) is 7.21. The van der Waals surface area contributed by atoms with Gasteiger partial charge in [-0.25, -0.2) is 13.6 Å². The van der Waals surface area contributed by atoms with E-state index >= 15 is 0 Å². The van der Waals surface area contributed by atoms with Crippen molar-refractivity contribution in [3.63, 3.8) is 0 Å². The first-order valence-electron chi connectivity index (χ1n) is 9.86. The molecule has 0 fully saturated rings. The Morgan fingerprint density at radius 2 is 1.53 bits per heavy atom. The van der Waals surface area contributed by atoms with Crippen molar-refractivity contribution in [1.29, 1.82) is 0 Å². The van der Waals surface area contributed by atoms with Crippen LogP contribution in [0.5, 0.6) is 0 Å². The van der Waals surface area contributed by atoms with Gasteiger partial charge in [0.1, 0.15) is 0 Å². The number of aliphatic carboxylic acids is 2. The first kappa shape index (κ1) is 26.4. The van der Waals surface area contributed by atoms with Gasteiger partial charge < -0.3 is 30.4 Å². The third kappa shape index (κ3) is 8.97. The molecule has 2 rings (SSSR count). The zero-order chi connectivity index (χ0) is 25.3. The Hall–Kier alpha value is -3.81. The van der Waals surface area contributed by atoms with Crippen LogP contribution in [-0.2, 0) is 30.8 Å². The van der Waals surface area contributed by atoms with E-state index in [-0.39, 0.29) is 22.7 Å². The van der Waals surface area contributed by atoms with Gasteiger partial charge >= 0.3 is 0 Å². The lowest BCUT2D eigenvalue weighted by Crippen LogP contribution is -2.46. The Labute approximate surface area is 195 Å². The third-order valence-electron chi connectivity index (χ3n) is 4.43. The summed E-state index contributed by atoms with van der Waals surface area (Å²) >= 11 is 0. The van der Waals surface area contributed by atoms with E-state index in [0.29, 0.717) is 6.42 Å². The second kappa shape index (κ2) is 11.9. The molecule has 0 radical (unpaired) electrons. The highest BCUT2D eigenvalue weighted by Gasteiger charge is 2.13. The summed E-state index contributed by atoms with van der Waals surface area (Å²) in [7, 11) is -3.78. The van der Waals surface area contributed by atoms with Crippen LogP contribution in [-0.4, -0.2) is 63.2 Å². The largest absolute Gasteiger partial charge is 0.549 e. The molecule has 0 bridgehead atoms. The summed E-state index contributed by atoms with van der Waals surface area (Å²) in [5.41, 5.74) is 1.27. The van der Waals surface area contributed by atoms with E-state index in [2.05, 4.69) is 10.6 Å². The Balaban J connectivity index is 1.91. The summed E-state index contributed by atoms with van der Waals surface area (Å²) in [6.45, 7) is -1.82. The highest BCUT2D eigenvalue weighted by molar-refractivity contribution is 7.89. The summed E-state index contributed by atoms with van der Waals surface area (Å²) in [6.07, 6.45) is 0.430. The Morgan fingerprint density at radius 3 is 2.09 bits per heavy atom. The number of benzene rings is 2. The number of anilines is 1. The molecule has 0 saturated carbocycles. The number of nitrogens with two attached hydrogens (primary N) is 1. The van der Waals surface area contributed by atoms with Gasteiger partial charge in [0, 0.05) is 30.9 Å². The summed E-state index contributed by atoms with van der Waals surface area (Å²) in [4.78, 5) is 46.8. The van der Waals surface area contributed by atoms with Crippen LogP contribution in [0.15, 0.2) is 53.4 Å². The van der Waals surface area contributed by atoms with Crippen LogP contribution in [0.25, 0.3) is 0 Å². The van der Waals surface area contributed by atoms with Gasteiger partial charge in [-0.15, -0.1) is 0 Å². The first-order valence-corrected chi connectivity index (χ1v) is 11.4. The van der Waals surface area contributed by atoms with Crippen LogP contribution in [0.3, 0.4) is 0 Å². The molecule has 12 nitrogen and oxygen atoms in total. The zero-order valence-electron chi connectivity index (χ0n) is 17.9. The van der Waals surface area contributed by atoms with E-state index < -0.39 is 53.4 Å². The number of nitrogens with one attached hydrogen (secondary N) is 2. The number of sulfonamides is 1. The van der Waals surface area contributed by atoms with Crippen LogP contribution in [0.4, 0.5) is 5.69 Å². The molecule has 0 aromatic heterocycles. The van der Waals surface area contributed by atoms with Crippen molar-refractivity contribution in [1.82, 2.24) is 10.2 Å². The third-order valence-corrected chi connectivity index (χ3v) is 5.36. The number of nitrogens with zero attached hydrogens (tertiary/aromatic N) is 1. The Kier molecular flexibility index (Phi) is 9.24. The SMILES string of the molecule is NS(=O)(=O)c1ccc(CCNC(=O)c2cccc(NC(=O)CN(CC(=O)[O-])CC(=O)[O-])c2)cc1. The number of amides is 2. The predicted molar refractivity (Wildman–Crippen MR) is 115 cm³/mol. The minimum atomic E-state index is -3.78. The van der Waals surface area contributed by atoms with Gasteiger partial charge in [0.2, 0.25) is 15.9 Å². The molecule has 0 aliphatic rings. The molecule has 2 amide bonds. The molecule has 0 aliphatic carbocycles. The van der Waals surface area contributed by atoms with Gasteiger partial charge in [0.05, 0.1) is 23.4 Å². The number of hydrogen-bond donors (Lipinski definition) is 3. The Morgan fingerprint density at radius 1 is 0.912 bits per heavy atom. The average molecular weight is 490 g/mol. The molecule has 2 aromatic rings. The van der Waals surface area contributed by atoms with Crippen molar-refractivity contribution in [3.05, 3.63) is 59.7 Å². The summed E-state index contributed by atoms with van der Waals surface area (Å²) < 4.78 is 22.6. The van der Waals surface area contributed by atoms with Crippen LogP contribution >= 0.6 is 0 Å². The molecule has 0 aliphatic heterocycles. The smallest absolute Gasteiger partial charge is 0.251 e. The van der Waals surface area contributed by atoms with Crippen LogP contribution in [0.2, 0.25) is 0 Å². The number of carboxylic acid groups (broad SMARTS) is 2. The van der Waals surface area contributed by atoms with Gasteiger partial charge in [0.15, 0.2) is 0 Å². The fraction of sp³-hybridized carbons (Fsp3) is 0.238. The molecule has 0 saturated heterocycles. The molecule has 0 unspecified atom stereocenters. The van der Waals surface area contributed by atoms with Gasteiger partial charge in [0.25, 0.3) is 5.91 Å². The minimum absolute atomic E-state index is 0.0125. The molecule has 0 heterocycles. The lowest BCUT2D eigenvalue weighted by molar-refractivity contribution is -0.310. The second-order valence-corrected chi connectivity index (χ2v) is 8.77. The van der Waals surface area contributed by atoms with Crippen molar-refractivity contribution in [3.8, 4) is 0 Å². The van der Waals surface area contributed by atoms with E-state index in [1.165, 1.54) is 36.4 Å². The zero-order valence-corrected chi connectivity index (χ0v) is 18.7. The van der Waals surface area contributed by atoms with Crippen molar-refractivity contribution in [2.75, 3.05) is 31.5 Å². The van der Waals surface area contributed by atoms with E-state index in [0.717, 1.165) is 10.5 Å². The van der Waals surface area contributed by atoms with Gasteiger partial charge in [-0.1, -0.05) is 18.2 Å². The number of carboxylic acids is 2. The highest BCUT2D eigenvalue weighted by Crippen LogP contribution is 2.12. The predicted octanol–water partition coefficient (Wildman–Crippen LogP) is -2.95. The Bertz CT molecular complexity index is 1150. The summed E-state index contributed by atoms with van der Waals surface area (Å²) in [6, 6.07) is 11.9. The fourth-order valence-corrected chi connectivity index (χ4v) is 3.46. The first-order chi connectivity index (χ1) is 15.9. The maximum Gasteiger partial charge on any atom is 0.251 e. The van der Waals surface area contributed by atoms with Crippen molar-refractivity contribution < 1.29 is 37.8 Å². The molecular weight excluding hydrogens is 468 g/mol. The van der Waals surface area contributed by atoms with E-state index in [1.54, 1.807) is 12.1 Å². The molecule has 13 heteroatoms. The van der Waals surface area contributed by atoms with Gasteiger partial charge in [-0.2, -0.15) is 0 Å². The topological polar surface area (TPSA) is 202 Å².